The van der Waals surface area contributed by atoms with Gasteiger partial charge in [0.05, 0.1) is 7.91 Å². The van der Waals surface area contributed by atoms with Gasteiger partial charge in [0.25, 0.3) is 0 Å². The van der Waals surface area contributed by atoms with E-state index in [0.29, 0.717) is 0 Å². The van der Waals surface area contributed by atoms with E-state index in [2.05, 4.69) is 0 Å². The van der Waals surface area contributed by atoms with Gasteiger partial charge in [0, 0.05) is 0 Å². The van der Waals surface area contributed by atoms with Crippen molar-refractivity contribution in [1.82, 2.24) is 0 Å². The first kappa shape index (κ1) is 6.70. The van der Waals surface area contributed by atoms with Crippen molar-refractivity contribution in [3.63, 3.8) is 0 Å². The molecule has 0 heterocycles. The van der Waals surface area contributed by atoms with Gasteiger partial charge in [-0.25, -0.2) is 0 Å². The quantitative estimate of drug-likeness (QED) is 0.353. The van der Waals surface area contributed by atoms with E-state index >= 15 is 0 Å². The van der Waals surface area contributed by atoms with Crippen molar-refractivity contribution in [1.29, 1.82) is 0 Å². The second-order valence-electron chi connectivity index (χ2n) is 0.700. The van der Waals surface area contributed by atoms with Gasteiger partial charge in [-0.05, 0) is 0 Å². The van der Waals surface area contributed by atoms with Gasteiger partial charge in [0.15, 0.2) is 7.99 Å². The predicted molar refractivity (Wildman–Crippen MR) is 28.6 cm³/mol. The van der Waals surface area contributed by atoms with E-state index in [1.807, 2.05) is 0 Å². The van der Waals surface area contributed by atoms with Gasteiger partial charge in [-0.1, -0.05) is 0 Å². The summed E-state index contributed by atoms with van der Waals surface area (Å²) in [4.78, 5) is 8.25. The largest absolute Gasteiger partial charge is 0.354 e. The van der Waals surface area contributed by atoms with Crippen molar-refractivity contribution in [3.05, 3.63) is 0 Å². The number of nitrogens with two attached hydrogens (primary N) is 3. The first-order valence-corrected chi connectivity index (χ1v) is 4.72. The molecule has 0 rings (SSSR count). The van der Waals surface area contributed by atoms with E-state index in [1.165, 1.54) is 0 Å². The number of hydrogen-bond acceptors (Lipinski definition) is 4. The smallest absolute Gasteiger partial charge is 0.152 e. The molecule has 0 aromatic heterocycles. The van der Waals surface area contributed by atoms with Crippen LogP contribution in [-0.2, 0) is 0 Å². The molecule has 0 spiro atoms. The zero-order valence-corrected chi connectivity index (χ0v) is 4.86. The summed E-state index contributed by atoms with van der Waals surface area (Å²) >= 11 is 0. The lowest BCUT2D eigenvalue weighted by molar-refractivity contribution is 0.641. The Morgan fingerprint density at radius 1 is 1.17 bits per heavy atom. The third-order valence-electron chi connectivity index (χ3n) is 0.237. The van der Waals surface area contributed by atoms with Crippen molar-refractivity contribution in [3.8, 4) is 0 Å². The fourth-order valence-electron chi connectivity index (χ4n) is 0. The topological polar surface area (TPSA) is 98.3 Å². The molecule has 6 heteroatoms. The van der Waals surface area contributed by atoms with Crippen LogP contribution in [-0.4, -0.2) is 4.89 Å². The summed E-state index contributed by atoms with van der Waals surface area (Å²) < 4.78 is 0. The highest BCUT2D eigenvalue weighted by molar-refractivity contribution is 8.24. The van der Waals surface area contributed by atoms with Gasteiger partial charge in [-0.15, -0.1) is 0 Å². The SMILES string of the molecule is NP(N)P(N)O. The maximum atomic E-state index is 8.25. The van der Waals surface area contributed by atoms with E-state index in [-0.39, 0.29) is 0 Å². The fraction of sp³-hybridized carbons (Fsp3) is 0. The van der Waals surface area contributed by atoms with Gasteiger partial charge >= 0.3 is 0 Å². The summed E-state index contributed by atoms with van der Waals surface area (Å²) in [6, 6.07) is 0. The molecule has 0 aromatic carbocycles. The lowest BCUT2D eigenvalue weighted by Gasteiger charge is -2.03. The highest BCUT2D eigenvalue weighted by Gasteiger charge is 2.00. The first-order chi connectivity index (χ1) is 2.64. The molecule has 0 radical (unpaired) electrons. The molecule has 0 saturated carbocycles. The Balaban J connectivity index is 2.99. The Morgan fingerprint density at radius 2 is 1.33 bits per heavy atom. The molecule has 0 aliphatic heterocycles. The molecule has 7 N–H and O–H groups in total. The zero-order chi connectivity index (χ0) is 5.15. The number of rotatable bonds is 1. The molecular weight excluding hydrogens is 120 g/mol. The van der Waals surface area contributed by atoms with Gasteiger partial charge in [0.1, 0.15) is 0 Å². The highest BCUT2D eigenvalue weighted by atomic mass is 32.1. The second kappa shape index (κ2) is 2.80. The average Bonchev–Trinajstić information content (AvgIpc) is 1.36. The van der Waals surface area contributed by atoms with Gasteiger partial charge in [-0.3, -0.25) is 16.5 Å². The van der Waals surface area contributed by atoms with Crippen molar-refractivity contribution in [2.45, 2.75) is 0 Å². The lowest BCUT2D eigenvalue weighted by atomic mass is 13.9. The van der Waals surface area contributed by atoms with Crippen molar-refractivity contribution in [2.24, 2.45) is 16.5 Å². The van der Waals surface area contributed by atoms with Crippen LogP contribution in [0.3, 0.4) is 0 Å². The molecule has 0 aliphatic rings. The zero-order valence-electron chi connectivity index (χ0n) is 3.07. The van der Waals surface area contributed by atoms with Crippen LogP contribution in [0, 0.1) is 0 Å². The second-order valence-corrected chi connectivity index (χ2v) is 4.72. The molecule has 0 aliphatic carbocycles. The summed E-state index contributed by atoms with van der Waals surface area (Å²) in [6.07, 6.45) is 0. The molecule has 0 bridgehead atoms. The normalized spacial score (nSPS) is 15.5. The Bertz CT molecular complexity index is 29.8. The van der Waals surface area contributed by atoms with Crippen LogP contribution >= 0.6 is 15.9 Å². The maximum absolute atomic E-state index is 8.25. The van der Waals surface area contributed by atoms with Crippen LogP contribution in [0.15, 0.2) is 0 Å². The van der Waals surface area contributed by atoms with Crippen molar-refractivity contribution < 1.29 is 4.89 Å². The molecule has 0 amide bonds. The van der Waals surface area contributed by atoms with Gasteiger partial charge in [0.2, 0.25) is 0 Å². The van der Waals surface area contributed by atoms with Crippen LogP contribution < -0.4 is 16.5 Å². The monoisotopic (exact) mass is 127 g/mol. The van der Waals surface area contributed by atoms with Gasteiger partial charge < -0.3 is 4.89 Å². The minimum Gasteiger partial charge on any atom is -0.354 e. The number of hydrogen-bond donors (Lipinski definition) is 4. The highest BCUT2D eigenvalue weighted by Crippen LogP contribution is 2.47. The van der Waals surface area contributed by atoms with Crippen LogP contribution in [0.2, 0.25) is 0 Å². The molecule has 4 nitrogen and oxygen atoms in total. The molecule has 0 saturated heterocycles. The fourth-order valence-corrected chi connectivity index (χ4v) is 0. The molecule has 1 unspecified atom stereocenters. The van der Waals surface area contributed by atoms with E-state index in [0.717, 1.165) is 0 Å². The van der Waals surface area contributed by atoms with E-state index in [9.17, 15) is 0 Å². The standard InChI is InChI=1S/H7N3OP2/c1-5(2)6(3)4/h4H,1-3H2. The lowest BCUT2D eigenvalue weighted by Crippen LogP contribution is -1.99. The molecule has 1 atom stereocenters. The minimum absolute atomic E-state index is 1.26. The van der Waals surface area contributed by atoms with Crippen molar-refractivity contribution >= 4 is 15.9 Å². The summed E-state index contributed by atoms with van der Waals surface area (Å²) in [5.74, 6) is 0. The van der Waals surface area contributed by atoms with E-state index < -0.39 is 15.9 Å². The Morgan fingerprint density at radius 3 is 1.33 bits per heavy atom. The minimum atomic E-state index is -1.54. The van der Waals surface area contributed by atoms with Crippen molar-refractivity contribution in [2.75, 3.05) is 0 Å². The summed E-state index contributed by atoms with van der Waals surface area (Å²) in [5.41, 5.74) is 14.7. The summed E-state index contributed by atoms with van der Waals surface area (Å²) in [6.45, 7) is 0. The van der Waals surface area contributed by atoms with Crippen LogP contribution in [0.5, 0.6) is 0 Å². The Labute approximate surface area is 38.3 Å². The predicted octanol–water partition coefficient (Wildman–Crippen LogP) is -0.606. The Hall–Kier alpha value is 0.700. The van der Waals surface area contributed by atoms with Gasteiger partial charge in [-0.2, -0.15) is 0 Å². The third kappa shape index (κ3) is 2.91. The van der Waals surface area contributed by atoms with E-state index in [1.54, 1.807) is 0 Å². The van der Waals surface area contributed by atoms with Crippen LogP contribution in [0.1, 0.15) is 0 Å². The average molecular weight is 127 g/mol. The maximum Gasteiger partial charge on any atom is 0.152 e. The summed E-state index contributed by atoms with van der Waals surface area (Å²) in [7, 11) is -2.80. The molecule has 0 fully saturated rings. The van der Waals surface area contributed by atoms with Crippen LogP contribution in [0.25, 0.3) is 0 Å². The Kier molecular flexibility index (Phi) is 3.13. The molecule has 38 valence electrons. The van der Waals surface area contributed by atoms with Crippen LogP contribution in [0.4, 0.5) is 0 Å². The molecule has 6 heavy (non-hydrogen) atoms. The first-order valence-electron chi connectivity index (χ1n) is 1.17. The third-order valence-corrected chi connectivity index (χ3v) is 2.13. The molecular formula is H7N3OP2. The summed E-state index contributed by atoms with van der Waals surface area (Å²) in [5, 5.41) is 0. The van der Waals surface area contributed by atoms with E-state index in [4.69, 9.17) is 21.4 Å². The molecule has 0 aromatic rings.